The SMILES string of the molecule is COc1cc(OC)c(OC)cc1C=NNC(=O)c1ccccc1[N+](=O)[O-]. The molecule has 136 valence electrons. The van der Waals surface area contributed by atoms with E-state index < -0.39 is 10.8 Å². The summed E-state index contributed by atoms with van der Waals surface area (Å²) in [4.78, 5) is 22.5. The van der Waals surface area contributed by atoms with Crippen LogP contribution in [0.25, 0.3) is 0 Å². The maximum Gasteiger partial charge on any atom is 0.282 e. The number of benzene rings is 2. The Morgan fingerprint density at radius 2 is 1.69 bits per heavy atom. The summed E-state index contributed by atoms with van der Waals surface area (Å²) in [6.07, 6.45) is 1.34. The molecule has 0 aliphatic carbocycles. The van der Waals surface area contributed by atoms with Gasteiger partial charge in [-0.25, -0.2) is 5.43 Å². The highest BCUT2D eigenvalue weighted by atomic mass is 16.6. The first kappa shape index (κ1) is 18.7. The van der Waals surface area contributed by atoms with Crippen LogP contribution in [0.3, 0.4) is 0 Å². The molecule has 2 aromatic rings. The number of hydrogen-bond donors (Lipinski definition) is 1. The average Bonchev–Trinajstić information content (AvgIpc) is 2.67. The summed E-state index contributed by atoms with van der Waals surface area (Å²) >= 11 is 0. The predicted molar refractivity (Wildman–Crippen MR) is 94.3 cm³/mol. The van der Waals surface area contributed by atoms with Gasteiger partial charge < -0.3 is 14.2 Å². The molecule has 0 radical (unpaired) electrons. The number of ether oxygens (including phenoxy) is 3. The third-order valence-corrected chi connectivity index (χ3v) is 3.45. The van der Waals surface area contributed by atoms with E-state index in [0.717, 1.165) is 0 Å². The zero-order valence-corrected chi connectivity index (χ0v) is 14.4. The van der Waals surface area contributed by atoms with Crippen molar-refractivity contribution in [2.75, 3.05) is 21.3 Å². The van der Waals surface area contributed by atoms with E-state index in [9.17, 15) is 14.9 Å². The first-order valence-electron chi connectivity index (χ1n) is 7.38. The summed E-state index contributed by atoms with van der Waals surface area (Å²) in [5.41, 5.74) is 2.39. The van der Waals surface area contributed by atoms with Crippen LogP contribution in [0.2, 0.25) is 0 Å². The van der Waals surface area contributed by atoms with Crippen molar-refractivity contribution in [1.82, 2.24) is 5.43 Å². The van der Waals surface area contributed by atoms with Gasteiger partial charge in [0.25, 0.3) is 11.6 Å². The predicted octanol–water partition coefficient (Wildman–Crippen LogP) is 2.38. The van der Waals surface area contributed by atoms with E-state index in [1.807, 2.05) is 0 Å². The van der Waals surface area contributed by atoms with Crippen LogP contribution in [0.1, 0.15) is 15.9 Å². The molecule has 26 heavy (non-hydrogen) atoms. The van der Waals surface area contributed by atoms with Crippen molar-refractivity contribution < 1.29 is 23.9 Å². The second kappa shape index (κ2) is 8.47. The van der Waals surface area contributed by atoms with Crippen molar-refractivity contribution in [2.24, 2.45) is 5.10 Å². The standard InChI is InChI=1S/C17H17N3O6/c1-24-14-9-16(26-3)15(25-2)8-11(14)10-18-19-17(21)12-6-4-5-7-13(12)20(22)23/h4-10H,1-3H3,(H,19,21). The van der Waals surface area contributed by atoms with Crippen LogP contribution in [0, 0.1) is 10.1 Å². The van der Waals surface area contributed by atoms with Gasteiger partial charge in [-0.2, -0.15) is 5.10 Å². The number of carbonyl (C=O) groups is 1. The van der Waals surface area contributed by atoms with E-state index in [4.69, 9.17) is 14.2 Å². The number of rotatable bonds is 7. The first-order chi connectivity index (χ1) is 12.5. The zero-order chi connectivity index (χ0) is 19.1. The van der Waals surface area contributed by atoms with Crippen LogP contribution in [0.5, 0.6) is 17.2 Å². The van der Waals surface area contributed by atoms with Gasteiger partial charge in [0, 0.05) is 17.7 Å². The molecule has 9 heteroatoms. The third kappa shape index (κ3) is 4.07. The van der Waals surface area contributed by atoms with Gasteiger partial charge in [-0.3, -0.25) is 14.9 Å². The molecule has 0 spiro atoms. The maximum atomic E-state index is 12.1. The molecule has 0 fully saturated rings. The number of carbonyl (C=O) groups excluding carboxylic acids is 1. The Labute approximate surface area is 149 Å². The Bertz CT molecular complexity index is 850. The number of hydrogen-bond acceptors (Lipinski definition) is 7. The molecule has 9 nitrogen and oxygen atoms in total. The van der Waals surface area contributed by atoms with E-state index >= 15 is 0 Å². The highest BCUT2D eigenvalue weighted by Crippen LogP contribution is 2.33. The zero-order valence-electron chi connectivity index (χ0n) is 14.4. The minimum atomic E-state index is -0.701. The van der Waals surface area contributed by atoms with Gasteiger partial charge in [0.2, 0.25) is 0 Å². The highest BCUT2D eigenvalue weighted by Gasteiger charge is 2.18. The van der Waals surface area contributed by atoms with Crippen LogP contribution >= 0.6 is 0 Å². The molecule has 0 unspecified atom stereocenters. The summed E-state index contributed by atoms with van der Waals surface area (Å²) in [6, 6.07) is 8.84. The second-order valence-corrected chi connectivity index (χ2v) is 4.92. The Balaban J connectivity index is 2.23. The van der Waals surface area contributed by atoms with Crippen LogP contribution in [-0.2, 0) is 0 Å². The van der Waals surface area contributed by atoms with E-state index in [1.54, 1.807) is 12.1 Å². The molecule has 1 amide bonds. The van der Waals surface area contributed by atoms with E-state index in [1.165, 1.54) is 51.8 Å². The van der Waals surface area contributed by atoms with Gasteiger partial charge in [-0.15, -0.1) is 0 Å². The van der Waals surface area contributed by atoms with Crippen molar-refractivity contribution in [2.45, 2.75) is 0 Å². The van der Waals surface area contributed by atoms with Crippen molar-refractivity contribution in [3.8, 4) is 17.2 Å². The normalized spacial score (nSPS) is 10.4. The van der Waals surface area contributed by atoms with Crippen molar-refractivity contribution >= 4 is 17.8 Å². The van der Waals surface area contributed by atoms with E-state index in [-0.39, 0.29) is 11.3 Å². The monoisotopic (exact) mass is 359 g/mol. The van der Waals surface area contributed by atoms with Crippen LogP contribution in [0.4, 0.5) is 5.69 Å². The minimum Gasteiger partial charge on any atom is -0.496 e. The summed E-state index contributed by atoms with van der Waals surface area (Å²) in [7, 11) is 4.46. The fourth-order valence-corrected chi connectivity index (χ4v) is 2.20. The number of nitro benzene ring substituents is 1. The number of nitrogens with one attached hydrogen (secondary N) is 1. The summed E-state index contributed by atoms with van der Waals surface area (Å²) in [5, 5.41) is 14.8. The molecule has 2 aromatic carbocycles. The van der Waals surface area contributed by atoms with Gasteiger partial charge >= 0.3 is 0 Å². The molecule has 0 aliphatic heterocycles. The fraction of sp³-hybridized carbons (Fsp3) is 0.176. The molecular weight excluding hydrogens is 342 g/mol. The van der Waals surface area contributed by atoms with Crippen LogP contribution < -0.4 is 19.6 Å². The molecule has 1 N–H and O–H groups in total. The Kier molecular flexibility index (Phi) is 6.10. The number of amides is 1. The number of hydrazone groups is 1. The molecule has 0 atom stereocenters. The number of para-hydroxylation sites is 1. The molecule has 0 aliphatic rings. The van der Waals surface area contributed by atoms with Crippen LogP contribution in [0.15, 0.2) is 41.5 Å². The Hall–Kier alpha value is -3.62. The minimum absolute atomic E-state index is 0.0890. The first-order valence-corrected chi connectivity index (χ1v) is 7.38. The lowest BCUT2D eigenvalue weighted by Crippen LogP contribution is -2.19. The Morgan fingerprint density at radius 3 is 2.31 bits per heavy atom. The third-order valence-electron chi connectivity index (χ3n) is 3.45. The summed E-state index contributed by atoms with van der Waals surface area (Å²) in [5.74, 6) is 0.685. The Morgan fingerprint density at radius 1 is 1.08 bits per heavy atom. The van der Waals surface area contributed by atoms with Crippen molar-refractivity contribution in [3.63, 3.8) is 0 Å². The molecule has 0 saturated heterocycles. The molecule has 0 bridgehead atoms. The van der Waals surface area contributed by atoms with Gasteiger partial charge in [0.1, 0.15) is 11.3 Å². The highest BCUT2D eigenvalue weighted by molar-refractivity contribution is 5.98. The largest absolute Gasteiger partial charge is 0.496 e. The summed E-state index contributed by atoms with van der Waals surface area (Å²) in [6.45, 7) is 0. The molecule has 2 rings (SSSR count). The van der Waals surface area contributed by atoms with E-state index in [0.29, 0.717) is 22.8 Å². The van der Waals surface area contributed by atoms with Gasteiger partial charge in [-0.1, -0.05) is 12.1 Å². The number of nitro groups is 1. The van der Waals surface area contributed by atoms with Gasteiger partial charge in [-0.05, 0) is 12.1 Å². The van der Waals surface area contributed by atoms with Crippen molar-refractivity contribution in [3.05, 3.63) is 57.6 Å². The number of methoxy groups -OCH3 is 3. The summed E-state index contributed by atoms with van der Waals surface area (Å²) < 4.78 is 15.6. The topological polar surface area (TPSA) is 112 Å². The quantitative estimate of drug-likeness (QED) is 0.461. The van der Waals surface area contributed by atoms with Crippen molar-refractivity contribution in [1.29, 1.82) is 0 Å². The second-order valence-electron chi connectivity index (χ2n) is 4.92. The molecular formula is C17H17N3O6. The molecule has 0 saturated carbocycles. The smallest absolute Gasteiger partial charge is 0.282 e. The molecule has 0 heterocycles. The fourth-order valence-electron chi connectivity index (χ4n) is 2.20. The average molecular weight is 359 g/mol. The van der Waals surface area contributed by atoms with Gasteiger partial charge in [0.05, 0.1) is 32.5 Å². The van der Waals surface area contributed by atoms with Gasteiger partial charge in [0.15, 0.2) is 11.5 Å². The lowest BCUT2D eigenvalue weighted by atomic mass is 10.2. The lowest BCUT2D eigenvalue weighted by Gasteiger charge is -2.11. The lowest BCUT2D eigenvalue weighted by molar-refractivity contribution is -0.385. The maximum absolute atomic E-state index is 12.1. The van der Waals surface area contributed by atoms with E-state index in [2.05, 4.69) is 10.5 Å². The number of nitrogens with zero attached hydrogens (tertiary/aromatic N) is 2. The molecule has 0 aromatic heterocycles. The van der Waals surface area contributed by atoms with Crippen LogP contribution in [-0.4, -0.2) is 38.4 Å².